The molecule has 0 fully saturated rings. The van der Waals surface area contributed by atoms with Crippen LogP contribution in [-0.4, -0.2) is 27.6 Å². The lowest BCUT2D eigenvalue weighted by Crippen LogP contribution is -2.26. The van der Waals surface area contributed by atoms with Crippen molar-refractivity contribution in [1.29, 1.82) is 0 Å². The summed E-state index contributed by atoms with van der Waals surface area (Å²) in [5.74, 6) is 1.54. The van der Waals surface area contributed by atoms with Crippen LogP contribution in [0.25, 0.3) is 0 Å². The van der Waals surface area contributed by atoms with Gasteiger partial charge in [-0.05, 0) is 39.0 Å². The lowest BCUT2D eigenvalue weighted by Gasteiger charge is -2.12. The fourth-order valence-electron chi connectivity index (χ4n) is 2.67. The first-order valence-corrected chi connectivity index (χ1v) is 8.19. The Labute approximate surface area is 140 Å². The van der Waals surface area contributed by atoms with Gasteiger partial charge in [-0.2, -0.15) is 0 Å². The second-order valence-corrected chi connectivity index (χ2v) is 5.85. The molecule has 1 aliphatic carbocycles. The second-order valence-electron chi connectivity index (χ2n) is 5.85. The predicted octanol–water partition coefficient (Wildman–Crippen LogP) is 3.14. The summed E-state index contributed by atoms with van der Waals surface area (Å²) >= 11 is 0. The predicted molar refractivity (Wildman–Crippen MR) is 90.1 cm³/mol. The van der Waals surface area contributed by atoms with Crippen molar-refractivity contribution in [1.82, 2.24) is 20.4 Å². The lowest BCUT2D eigenvalue weighted by molar-refractivity contribution is 0.0949. The van der Waals surface area contributed by atoms with E-state index < -0.39 is 0 Å². The van der Waals surface area contributed by atoms with Crippen LogP contribution in [0.2, 0.25) is 0 Å². The molecule has 1 amide bonds. The quantitative estimate of drug-likeness (QED) is 0.792. The summed E-state index contributed by atoms with van der Waals surface area (Å²) in [7, 11) is 0. The highest BCUT2D eigenvalue weighted by Gasteiger charge is 2.10. The molecule has 2 aromatic heterocycles. The van der Waals surface area contributed by atoms with Crippen LogP contribution >= 0.6 is 0 Å². The number of amides is 1. The van der Waals surface area contributed by atoms with E-state index in [1.165, 1.54) is 24.7 Å². The molecule has 2 N–H and O–H groups in total. The molecule has 2 aromatic rings. The zero-order valence-electron chi connectivity index (χ0n) is 13.7. The van der Waals surface area contributed by atoms with Crippen molar-refractivity contribution in [2.24, 2.45) is 0 Å². The van der Waals surface area contributed by atoms with Crippen LogP contribution in [0, 0.1) is 6.92 Å². The SMILES string of the molecule is Cc1cc(Nc2cc(C(=O)NCCC3=CCCCC3)ncn2)no1. The van der Waals surface area contributed by atoms with E-state index in [2.05, 4.69) is 31.8 Å². The fourth-order valence-corrected chi connectivity index (χ4v) is 2.67. The monoisotopic (exact) mass is 327 g/mol. The molecule has 0 saturated carbocycles. The van der Waals surface area contributed by atoms with Gasteiger partial charge in [0.2, 0.25) is 0 Å². The minimum atomic E-state index is -0.201. The Balaban J connectivity index is 1.54. The Kier molecular flexibility index (Phi) is 5.20. The van der Waals surface area contributed by atoms with Crippen molar-refractivity contribution in [2.75, 3.05) is 11.9 Å². The van der Waals surface area contributed by atoms with E-state index >= 15 is 0 Å². The first kappa shape index (κ1) is 16.2. The first-order chi connectivity index (χ1) is 11.7. The summed E-state index contributed by atoms with van der Waals surface area (Å²) in [4.78, 5) is 20.3. The van der Waals surface area contributed by atoms with Crippen molar-refractivity contribution in [3.05, 3.63) is 41.6 Å². The number of hydrogen-bond donors (Lipinski definition) is 2. The molecule has 24 heavy (non-hydrogen) atoms. The molecular formula is C17H21N5O2. The van der Waals surface area contributed by atoms with Gasteiger partial charge in [0.15, 0.2) is 5.82 Å². The number of hydrogen-bond acceptors (Lipinski definition) is 6. The normalized spacial score (nSPS) is 14.1. The topological polar surface area (TPSA) is 92.9 Å². The number of carbonyl (C=O) groups is 1. The standard InChI is InChI=1S/C17H21N5O2/c1-12-9-16(22-24-12)21-15-10-14(19-11-20-15)17(23)18-8-7-13-5-3-2-4-6-13/h5,9-11H,2-4,6-8H2,1H3,(H,18,23)(H,19,20,21,22). The highest BCUT2D eigenvalue weighted by molar-refractivity contribution is 5.92. The molecule has 0 bridgehead atoms. The summed E-state index contributed by atoms with van der Waals surface area (Å²) in [5, 5.41) is 9.73. The molecule has 7 nitrogen and oxygen atoms in total. The molecule has 0 aliphatic heterocycles. The molecule has 0 spiro atoms. The van der Waals surface area contributed by atoms with Gasteiger partial charge in [0.25, 0.3) is 5.91 Å². The molecule has 126 valence electrons. The van der Waals surface area contributed by atoms with E-state index in [4.69, 9.17) is 4.52 Å². The van der Waals surface area contributed by atoms with Gasteiger partial charge in [-0.1, -0.05) is 16.8 Å². The maximum atomic E-state index is 12.2. The Morgan fingerprint density at radius 1 is 1.25 bits per heavy atom. The van der Waals surface area contributed by atoms with Crippen LogP contribution in [0.4, 0.5) is 11.6 Å². The van der Waals surface area contributed by atoms with Crippen molar-refractivity contribution in [3.8, 4) is 0 Å². The van der Waals surface area contributed by atoms with Gasteiger partial charge in [-0.3, -0.25) is 4.79 Å². The van der Waals surface area contributed by atoms with Gasteiger partial charge in [0, 0.05) is 18.7 Å². The van der Waals surface area contributed by atoms with Gasteiger partial charge in [-0.25, -0.2) is 9.97 Å². The number of allylic oxidation sites excluding steroid dienone is 1. The Hall–Kier alpha value is -2.70. The van der Waals surface area contributed by atoms with Crippen LogP contribution in [0.3, 0.4) is 0 Å². The van der Waals surface area contributed by atoms with Crippen LogP contribution in [-0.2, 0) is 0 Å². The molecular weight excluding hydrogens is 306 g/mol. The number of rotatable bonds is 6. The average Bonchev–Trinajstić information content (AvgIpc) is 3.01. The van der Waals surface area contributed by atoms with E-state index in [1.54, 1.807) is 19.1 Å². The van der Waals surface area contributed by atoms with Gasteiger partial charge in [-0.15, -0.1) is 0 Å². The van der Waals surface area contributed by atoms with Gasteiger partial charge in [0.05, 0.1) is 0 Å². The highest BCUT2D eigenvalue weighted by atomic mass is 16.5. The van der Waals surface area contributed by atoms with Crippen molar-refractivity contribution < 1.29 is 9.32 Å². The molecule has 2 heterocycles. The minimum absolute atomic E-state index is 0.201. The smallest absolute Gasteiger partial charge is 0.270 e. The maximum Gasteiger partial charge on any atom is 0.270 e. The first-order valence-electron chi connectivity index (χ1n) is 8.19. The van der Waals surface area contributed by atoms with Crippen LogP contribution < -0.4 is 10.6 Å². The van der Waals surface area contributed by atoms with Crippen molar-refractivity contribution >= 4 is 17.5 Å². The molecule has 3 rings (SSSR count). The number of aromatic nitrogens is 3. The molecule has 0 saturated heterocycles. The zero-order chi connectivity index (χ0) is 16.8. The third-order valence-electron chi connectivity index (χ3n) is 3.90. The largest absolute Gasteiger partial charge is 0.360 e. The number of anilines is 2. The minimum Gasteiger partial charge on any atom is -0.360 e. The number of aryl methyl sites for hydroxylation is 1. The Bertz CT molecular complexity index is 738. The van der Waals surface area contributed by atoms with E-state index in [1.807, 2.05) is 0 Å². The summed E-state index contributed by atoms with van der Waals surface area (Å²) in [6, 6.07) is 3.35. The van der Waals surface area contributed by atoms with Gasteiger partial charge >= 0.3 is 0 Å². The summed E-state index contributed by atoms with van der Waals surface area (Å²) in [6.45, 7) is 2.43. The van der Waals surface area contributed by atoms with Gasteiger partial charge in [0.1, 0.15) is 23.6 Å². The number of nitrogens with zero attached hydrogens (tertiary/aromatic N) is 3. The Morgan fingerprint density at radius 2 is 2.17 bits per heavy atom. The third-order valence-corrected chi connectivity index (χ3v) is 3.90. The third kappa shape index (κ3) is 4.41. The van der Waals surface area contributed by atoms with Crippen molar-refractivity contribution in [3.63, 3.8) is 0 Å². The second kappa shape index (κ2) is 7.72. The molecule has 0 atom stereocenters. The van der Waals surface area contributed by atoms with Crippen molar-refractivity contribution in [2.45, 2.75) is 39.0 Å². The Morgan fingerprint density at radius 3 is 2.92 bits per heavy atom. The molecule has 7 heteroatoms. The number of nitrogens with one attached hydrogen (secondary N) is 2. The molecule has 0 radical (unpaired) electrons. The molecule has 1 aliphatic rings. The number of carbonyl (C=O) groups excluding carboxylic acids is 1. The van der Waals surface area contributed by atoms with Gasteiger partial charge < -0.3 is 15.2 Å². The lowest BCUT2D eigenvalue weighted by atomic mass is 9.97. The van der Waals surface area contributed by atoms with Crippen LogP contribution in [0.5, 0.6) is 0 Å². The van der Waals surface area contributed by atoms with Crippen LogP contribution in [0.1, 0.15) is 48.4 Å². The van der Waals surface area contributed by atoms with E-state index in [0.717, 1.165) is 19.3 Å². The fraction of sp³-hybridized carbons (Fsp3) is 0.412. The summed E-state index contributed by atoms with van der Waals surface area (Å²) in [6.07, 6.45) is 9.39. The average molecular weight is 327 g/mol. The highest BCUT2D eigenvalue weighted by Crippen LogP contribution is 2.19. The van der Waals surface area contributed by atoms with E-state index in [0.29, 0.717) is 29.6 Å². The zero-order valence-corrected chi connectivity index (χ0v) is 13.7. The molecule has 0 unspecified atom stereocenters. The molecule has 0 aromatic carbocycles. The summed E-state index contributed by atoms with van der Waals surface area (Å²) in [5.41, 5.74) is 1.76. The van der Waals surface area contributed by atoms with E-state index in [-0.39, 0.29) is 5.91 Å². The maximum absolute atomic E-state index is 12.2. The summed E-state index contributed by atoms with van der Waals surface area (Å²) < 4.78 is 4.98. The van der Waals surface area contributed by atoms with Crippen LogP contribution in [0.15, 0.2) is 34.6 Å². The van der Waals surface area contributed by atoms with E-state index in [9.17, 15) is 4.79 Å².